The van der Waals surface area contributed by atoms with Crippen molar-refractivity contribution in [3.63, 3.8) is 0 Å². The lowest BCUT2D eigenvalue weighted by molar-refractivity contribution is -0.136. The topological polar surface area (TPSA) is 71.3 Å². The molecular weight excluding hydrogens is 350 g/mol. The van der Waals surface area contributed by atoms with Crippen molar-refractivity contribution in [2.45, 2.75) is 25.9 Å². The number of carbonyl (C=O) groups excluding carboxylic acids is 2. The van der Waals surface area contributed by atoms with Gasteiger partial charge in [-0.05, 0) is 31.5 Å². The Morgan fingerprint density at radius 1 is 1.08 bits per heavy atom. The first-order valence-corrected chi connectivity index (χ1v) is 9.59. The van der Waals surface area contributed by atoms with Gasteiger partial charge in [-0.25, -0.2) is 0 Å². The van der Waals surface area contributed by atoms with Crippen molar-refractivity contribution in [2.75, 3.05) is 31.9 Å². The summed E-state index contributed by atoms with van der Waals surface area (Å²) in [6, 6.07) is 8.12. The molecule has 0 spiro atoms. The van der Waals surface area contributed by atoms with E-state index in [-0.39, 0.29) is 11.8 Å². The second kappa shape index (κ2) is 7.90. The summed E-state index contributed by atoms with van der Waals surface area (Å²) >= 11 is 1.40. The molecule has 0 bridgehead atoms. The summed E-state index contributed by atoms with van der Waals surface area (Å²) in [5, 5.41) is 9.10. The second-order valence-corrected chi connectivity index (χ2v) is 7.32. The van der Waals surface area contributed by atoms with Gasteiger partial charge in [-0.3, -0.25) is 14.2 Å². The van der Waals surface area contributed by atoms with Gasteiger partial charge in [0.1, 0.15) is 5.82 Å². The van der Waals surface area contributed by atoms with Gasteiger partial charge in [0.25, 0.3) is 0 Å². The van der Waals surface area contributed by atoms with Crippen molar-refractivity contribution in [3.05, 3.63) is 35.7 Å². The number of benzene rings is 1. The zero-order valence-corrected chi connectivity index (χ0v) is 16.1. The Morgan fingerprint density at radius 2 is 1.77 bits per heavy atom. The molecule has 1 fully saturated rings. The van der Waals surface area contributed by atoms with Crippen LogP contribution >= 0.6 is 11.8 Å². The van der Waals surface area contributed by atoms with Crippen molar-refractivity contribution >= 4 is 23.6 Å². The van der Waals surface area contributed by atoms with Crippen LogP contribution in [-0.4, -0.2) is 68.3 Å². The molecule has 138 valence electrons. The SMILES string of the molecule is CC(=O)N1CCN(C(=O)CSc2nnc(C)n2-c2cccc(C)c2)CC1. The summed E-state index contributed by atoms with van der Waals surface area (Å²) in [7, 11) is 0. The van der Waals surface area contributed by atoms with E-state index < -0.39 is 0 Å². The van der Waals surface area contributed by atoms with E-state index in [1.807, 2.05) is 41.5 Å². The minimum Gasteiger partial charge on any atom is -0.339 e. The van der Waals surface area contributed by atoms with Gasteiger partial charge >= 0.3 is 0 Å². The smallest absolute Gasteiger partial charge is 0.233 e. The number of nitrogens with zero attached hydrogens (tertiary/aromatic N) is 5. The van der Waals surface area contributed by atoms with Gasteiger partial charge in [0.15, 0.2) is 5.16 Å². The summed E-state index contributed by atoms with van der Waals surface area (Å²) < 4.78 is 1.97. The normalized spacial score (nSPS) is 14.6. The molecular formula is C18H23N5O2S. The molecule has 0 radical (unpaired) electrons. The molecule has 26 heavy (non-hydrogen) atoms. The highest BCUT2D eigenvalue weighted by Gasteiger charge is 2.23. The molecule has 1 saturated heterocycles. The Morgan fingerprint density at radius 3 is 2.42 bits per heavy atom. The molecule has 0 saturated carbocycles. The minimum absolute atomic E-state index is 0.0632. The zero-order valence-electron chi connectivity index (χ0n) is 15.3. The zero-order chi connectivity index (χ0) is 18.7. The van der Waals surface area contributed by atoms with Crippen molar-refractivity contribution in [2.24, 2.45) is 0 Å². The number of aryl methyl sites for hydroxylation is 2. The van der Waals surface area contributed by atoms with E-state index in [2.05, 4.69) is 16.3 Å². The van der Waals surface area contributed by atoms with Gasteiger partial charge in [0.2, 0.25) is 11.8 Å². The van der Waals surface area contributed by atoms with Crippen LogP contribution in [0.3, 0.4) is 0 Å². The summed E-state index contributed by atoms with van der Waals surface area (Å²) in [4.78, 5) is 27.5. The standard InChI is InChI=1S/C18H23N5O2S/c1-13-5-4-6-16(11-13)23-14(2)19-20-18(23)26-12-17(25)22-9-7-21(8-10-22)15(3)24/h4-6,11H,7-10,12H2,1-3H3. The highest BCUT2D eigenvalue weighted by atomic mass is 32.2. The number of carbonyl (C=O) groups is 2. The first-order valence-electron chi connectivity index (χ1n) is 8.61. The Kier molecular flexibility index (Phi) is 5.61. The number of hydrogen-bond acceptors (Lipinski definition) is 5. The number of amides is 2. The summed E-state index contributed by atoms with van der Waals surface area (Å²) in [5.74, 6) is 1.23. The molecule has 0 unspecified atom stereocenters. The number of aromatic nitrogens is 3. The third-order valence-corrected chi connectivity index (χ3v) is 5.37. The predicted molar refractivity (Wildman–Crippen MR) is 100 cm³/mol. The van der Waals surface area contributed by atoms with E-state index in [0.717, 1.165) is 17.1 Å². The lowest BCUT2D eigenvalue weighted by Crippen LogP contribution is -2.50. The number of piperazine rings is 1. The van der Waals surface area contributed by atoms with E-state index in [1.165, 1.54) is 11.8 Å². The van der Waals surface area contributed by atoms with Crippen LogP contribution in [0, 0.1) is 13.8 Å². The lowest BCUT2D eigenvalue weighted by atomic mass is 10.2. The molecule has 7 nitrogen and oxygen atoms in total. The van der Waals surface area contributed by atoms with Crippen molar-refractivity contribution in [1.29, 1.82) is 0 Å². The van der Waals surface area contributed by atoms with E-state index in [4.69, 9.17) is 0 Å². The Hall–Kier alpha value is -2.35. The van der Waals surface area contributed by atoms with Gasteiger partial charge in [0, 0.05) is 38.8 Å². The summed E-state index contributed by atoms with van der Waals surface area (Å²) in [6.07, 6.45) is 0. The van der Waals surface area contributed by atoms with Gasteiger partial charge in [-0.1, -0.05) is 23.9 Å². The monoisotopic (exact) mass is 373 g/mol. The summed E-state index contributed by atoms with van der Waals surface area (Å²) in [5.41, 5.74) is 2.16. The lowest BCUT2D eigenvalue weighted by Gasteiger charge is -2.34. The fraction of sp³-hybridized carbons (Fsp3) is 0.444. The first kappa shape index (κ1) is 18.4. The van der Waals surface area contributed by atoms with E-state index in [1.54, 1.807) is 11.8 Å². The summed E-state index contributed by atoms with van der Waals surface area (Å²) in [6.45, 7) is 7.88. The number of hydrogen-bond donors (Lipinski definition) is 0. The average molecular weight is 373 g/mol. The van der Waals surface area contributed by atoms with Gasteiger partial charge < -0.3 is 9.80 Å². The van der Waals surface area contributed by atoms with Gasteiger partial charge in [0.05, 0.1) is 5.75 Å². The van der Waals surface area contributed by atoms with E-state index in [9.17, 15) is 9.59 Å². The molecule has 2 heterocycles. The Bertz CT molecular complexity index is 812. The highest BCUT2D eigenvalue weighted by Crippen LogP contribution is 2.23. The number of thioether (sulfide) groups is 1. The van der Waals surface area contributed by atoms with E-state index in [0.29, 0.717) is 37.1 Å². The van der Waals surface area contributed by atoms with Crippen molar-refractivity contribution in [3.8, 4) is 5.69 Å². The fourth-order valence-electron chi connectivity index (χ4n) is 2.99. The van der Waals surface area contributed by atoms with Crippen LogP contribution in [-0.2, 0) is 9.59 Å². The van der Waals surface area contributed by atoms with Crippen molar-refractivity contribution < 1.29 is 9.59 Å². The van der Waals surface area contributed by atoms with Crippen LogP contribution in [0.5, 0.6) is 0 Å². The third-order valence-electron chi connectivity index (χ3n) is 4.46. The van der Waals surface area contributed by atoms with Crippen LogP contribution in [0.2, 0.25) is 0 Å². The molecule has 1 aliphatic heterocycles. The highest BCUT2D eigenvalue weighted by molar-refractivity contribution is 7.99. The molecule has 0 atom stereocenters. The molecule has 8 heteroatoms. The maximum atomic E-state index is 12.5. The molecule has 0 aliphatic carbocycles. The van der Waals surface area contributed by atoms with Gasteiger partial charge in [-0.15, -0.1) is 10.2 Å². The number of rotatable bonds is 4. The average Bonchev–Trinajstić information content (AvgIpc) is 3.00. The molecule has 2 aromatic rings. The molecule has 3 rings (SSSR count). The van der Waals surface area contributed by atoms with Gasteiger partial charge in [-0.2, -0.15) is 0 Å². The fourth-order valence-corrected chi connectivity index (χ4v) is 3.89. The van der Waals surface area contributed by atoms with Crippen LogP contribution in [0.25, 0.3) is 5.69 Å². The maximum absolute atomic E-state index is 12.5. The van der Waals surface area contributed by atoms with Crippen LogP contribution < -0.4 is 0 Å². The maximum Gasteiger partial charge on any atom is 0.233 e. The third kappa shape index (κ3) is 4.07. The van der Waals surface area contributed by atoms with E-state index >= 15 is 0 Å². The van der Waals surface area contributed by atoms with Crippen LogP contribution in [0.15, 0.2) is 29.4 Å². The quantitative estimate of drug-likeness (QED) is 0.763. The van der Waals surface area contributed by atoms with Crippen molar-refractivity contribution in [1.82, 2.24) is 24.6 Å². The van der Waals surface area contributed by atoms with Crippen LogP contribution in [0.4, 0.5) is 0 Å². The largest absolute Gasteiger partial charge is 0.339 e. The molecule has 0 N–H and O–H groups in total. The predicted octanol–water partition coefficient (Wildman–Crippen LogP) is 1.67. The molecule has 1 aromatic heterocycles. The molecule has 1 aromatic carbocycles. The minimum atomic E-state index is 0.0632. The molecule has 1 aliphatic rings. The van der Waals surface area contributed by atoms with Crippen LogP contribution in [0.1, 0.15) is 18.3 Å². The second-order valence-electron chi connectivity index (χ2n) is 6.38. The molecule has 2 amide bonds. The first-order chi connectivity index (χ1) is 12.5. The Balaban J connectivity index is 1.64. The Labute approximate surface area is 157 Å².